The lowest BCUT2D eigenvalue weighted by molar-refractivity contribution is -0.0763. The summed E-state index contributed by atoms with van der Waals surface area (Å²) in [6, 6.07) is 0. The predicted molar refractivity (Wildman–Crippen MR) is 55.0 cm³/mol. The van der Waals surface area contributed by atoms with Crippen LogP contribution >= 0.6 is 0 Å². The van der Waals surface area contributed by atoms with Crippen LogP contribution in [-0.4, -0.2) is 30.6 Å². The van der Waals surface area contributed by atoms with Crippen LogP contribution in [0.4, 0.5) is 4.79 Å². The maximum Gasteiger partial charge on any atom is 0.561 e. The summed E-state index contributed by atoms with van der Waals surface area (Å²) >= 11 is -0.707. The van der Waals surface area contributed by atoms with Crippen LogP contribution in [0.15, 0.2) is 0 Å². The molecule has 0 N–H and O–H groups in total. The van der Waals surface area contributed by atoms with Gasteiger partial charge in [0.1, 0.15) is 0 Å². The van der Waals surface area contributed by atoms with Crippen molar-refractivity contribution in [2.75, 3.05) is 19.0 Å². The van der Waals surface area contributed by atoms with Gasteiger partial charge in [0.15, 0.2) is 5.75 Å². The molecule has 0 radical (unpaired) electrons. The molecule has 0 amide bonds. The third kappa shape index (κ3) is 3.48. The number of ether oxygens (including phenoxy) is 2. The zero-order valence-corrected chi connectivity index (χ0v) is 9.47. The summed E-state index contributed by atoms with van der Waals surface area (Å²) in [4.78, 5) is 11.4. The third-order valence-corrected chi connectivity index (χ3v) is 3.39. The van der Waals surface area contributed by atoms with Crippen LogP contribution in [0.5, 0.6) is 0 Å². The van der Waals surface area contributed by atoms with Gasteiger partial charge in [-0.1, -0.05) is 0 Å². The second-order valence-corrected chi connectivity index (χ2v) is 4.48. The number of hydrogen-bond donors (Lipinski definition) is 0. The second kappa shape index (κ2) is 6.27. The smallest absolute Gasteiger partial charge is 0.424 e. The van der Waals surface area contributed by atoms with Gasteiger partial charge in [0.2, 0.25) is 6.29 Å². The van der Waals surface area contributed by atoms with Crippen molar-refractivity contribution < 1.29 is 18.5 Å². The molecule has 0 aromatic heterocycles. The molecule has 82 valence electrons. The molecule has 14 heavy (non-hydrogen) atoms. The van der Waals surface area contributed by atoms with Crippen molar-refractivity contribution in [1.29, 1.82) is 0 Å². The molecule has 1 rings (SSSR count). The van der Waals surface area contributed by atoms with E-state index in [-0.39, 0.29) is 11.6 Å². The van der Waals surface area contributed by atoms with E-state index in [1.54, 1.807) is 6.92 Å². The van der Waals surface area contributed by atoms with Crippen molar-refractivity contribution in [2.45, 2.75) is 33.0 Å². The van der Waals surface area contributed by atoms with Gasteiger partial charge < -0.3 is 9.47 Å². The number of carbonyl (C=O) groups is 1. The van der Waals surface area contributed by atoms with E-state index in [0.29, 0.717) is 13.2 Å². The van der Waals surface area contributed by atoms with E-state index in [9.17, 15) is 4.79 Å². The standard InChI is InChI=1S/C9H17O4S/c1-3-11-8-6-5-7-14(13-8)9(10)12-4-2/h8H,3-7H2,1-2H3/q+1. The zero-order chi connectivity index (χ0) is 10.4. The minimum Gasteiger partial charge on any atom is -0.424 e. The Morgan fingerprint density at radius 2 is 2.29 bits per heavy atom. The number of rotatable bonds is 3. The fourth-order valence-electron chi connectivity index (χ4n) is 1.21. The molecular formula is C9H17O4S+. The lowest BCUT2D eigenvalue weighted by Gasteiger charge is -2.18. The predicted octanol–water partition coefficient (Wildman–Crippen LogP) is 1.85. The van der Waals surface area contributed by atoms with Gasteiger partial charge in [-0.15, -0.1) is 4.18 Å². The van der Waals surface area contributed by atoms with Crippen LogP contribution in [0.3, 0.4) is 0 Å². The van der Waals surface area contributed by atoms with Crippen LogP contribution in [0, 0.1) is 0 Å². The van der Waals surface area contributed by atoms with Crippen molar-refractivity contribution >= 4 is 16.5 Å². The van der Waals surface area contributed by atoms with Crippen LogP contribution in [0.2, 0.25) is 0 Å². The molecule has 1 saturated heterocycles. The molecule has 0 bridgehead atoms. The van der Waals surface area contributed by atoms with Crippen molar-refractivity contribution in [1.82, 2.24) is 0 Å². The molecule has 5 heteroatoms. The van der Waals surface area contributed by atoms with E-state index in [2.05, 4.69) is 0 Å². The Morgan fingerprint density at radius 3 is 2.93 bits per heavy atom. The minimum atomic E-state index is -0.707. The average Bonchev–Trinajstić information content (AvgIpc) is 2.19. The highest BCUT2D eigenvalue weighted by Gasteiger charge is 2.41. The zero-order valence-electron chi connectivity index (χ0n) is 8.65. The lowest BCUT2D eigenvalue weighted by Crippen LogP contribution is -2.34. The number of carbonyl (C=O) groups excluding carboxylic acids is 1. The van der Waals surface area contributed by atoms with Gasteiger partial charge in [0.05, 0.1) is 6.61 Å². The topological polar surface area (TPSA) is 44.8 Å². The highest BCUT2D eigenvalue weighted by Crippen LogP contribution is 2.20. The van der Waals surface area contributed by atoms with Crippen molar-refractivity contribution in [3.05, 3.63) is 0 Å². The van der Waals surface area contributed by atoms with Crippen LogP contribution < -0.4 is 0 Å². The normalized spacial score (nSPS) is 27.3. The molecule has 0 aromatic carbocycles. The van der Waals surface area contributed by atoms with Gasteiger partial charge in [-0.25, -0.2) is 0 Å². The first-order chi connectivity index (χ1) is 6.77. The Bertz CT molecular complexity index is 184. The molecule has 0 aliphatic carbocycles. The Balaban J connectivity index is 2.35. The van der Waals surface area contributed by atoms with Gasteiger partial charge in [-0.05, 0) is 13.8 Å². The second-order valence-electron chi connectivity index (χ2n) is 2.86. The Hall–Kier alpha value is -0.260. The number of hydrogen-bond acceptors (Lipinski definition) is 4. The highest BCUT2D eigenvalue weighted by atomic mass is 32.2. The SMILES string of the molecule is CCOC(=O)[S+]1CCCC(OCC)O1. The van der Waals surface area contributed by atoms with E-state index >= 15 is 0 Å². The first kappa shape index (κ1) is 11.8. The molecule has 0 aromatic rings. The summed E-state index contributed by atoms with van der Waals surface area (Å²) in [6.45, 7) is 4.74. The molecule has 1 aliphatic rings. The van der Waals surface area contributed by atoms with Crippen molar-refractivity contribution in [3.8, 4) is 0 Å². The van der Waals surface area contributed by atoms with Crippen LogP contribution in [0.1, 0.15) is 26.7 Å². The fourth-order valence-corrected chi connectivity index (χ4v) is 2.64. The van der Waals surface area contributed by atoms with Gasteiger partial charge in [0.25, 0.3) is 11.2 Å². The van der Waals surface area contributed by atoms with E-state index in [1.807, 2.05) is 6.92 Å². The Morgan fingerprint density at radius 1 is 1.50 bits per heavy atom. The molecule has 0 saturated carbocycles. The highest BCUT2D eigenvalue weighted by molar-refractivity contribution is 8.06. The molecule has 1 aliphatic heterocycles. The Kier molecular flexibility index (Phi) is 5.29. The molecule has 2 atom stereocenters. The van der Waals surface area contributed by atoms with Crippen molar-refractivity contribution in [3.63, 3.8) is 0 Å². The fraction of sp³-hybridized carbons (Fsp3) is 0.889. The van der Waals surface area contributed by atoms with Gasteiger partial charge in [0, 0.05) is 19.4 Å². The van der Waals surface area contributed by atoms with Crippen LogP contribution in [0.25, 0.3) is 0 Å². The minimum absolute atomic E-state index is 0.221. The van der Waals surface area contributed by atoms with Gasteiger partial charge in [-0.3, -0.25) is 0 Å². The Labute approximate surface area is 87.5 Å². The van der Waals surface area contributed by atoms with E-state index in [0.717, 1.165) is 18.6 Å². The lowest BCUT2D eigenvalue weighted by atomic mass is 10.3. The van der Waals surface area contributed by atoms with Crippen LogP contribution in [-0.2, 0) is 24.8 Å². The molecular weight excluding hydrogens is 204 g/mol. The largest absolute Gasteiger partial charge is 0.561 e. The van der Waals surface area contributed by atoms with E-state index in [4.69, 9.17) is 13.7 Å². The van der Waals surface area contributed by atoms with Gasteiger partial charge >= 0.3 is 5.30 Å². The van der Waals surface area contributed by atoms with Crippen molar-refractivity contribution in [2.24, 2.45) is 0 Å². The third-order valence-electron chi connectivity index (χ3n) is 1.79. The van der Waals surface area contributed by atoms with E-state index < -0.39 is 11.2 Å². The molecule has 1 heterocycles. The summed E-state index contributed by atoms with van der Waals surface area (Å²) in [6.07, 6.45) is 1.62. The summed E-state index contributed by atoms with van der Waals surface area (Å²) in [5.74, 6) is 0.766. The monoisotopic (exact) mass is 221 g/mol. The summed E-state index contributed by atoms with van der Waals surface area (Å²) < 4.78 is 15.7. The maximum atomic E-state index is 11.4. The van der Waals surface area contributed by atoms with E-state index in [1.165, 1.54) is 0 Å². The average molecular weight is 221 g/mol. The first-order valence-corrected chi connectivity index (χ1v) is 6.26. The molecule has 1 fully saturated rings. The summed E-state index contributed by atoms with van der Waals surface area (Å²) in [7, 11) is 0. The molecule has 4 nitrogen and oxygen atoms in total. The molecule has 0 spiro atoms. The maximum absolute atomic E-state index is 11.4. The summed E-state index contributed by atoms with van der Waals surface area (Å²) in [5.41, 5.74) is 0. The van der Waals surface area contributed by atoms with Gasteiger partial charge in [-0.2, -0.15) is 4.79 Å². The molecule has 2 unspecified atom stereocenters. The quantitative estimate of drug-likeness (QED) is 0.539. The first-order valence-electron chi connectivity index (χ1n) is 4.94. The summed E-state index contributed by atoms with van der Waals surface area (Å²) in [5, 5.41) is -0.239.